The zero-order valence-electron chi connectivity index (χ0n) is 22.6. The SMILES string of the molecule is Cc1cc(C)c(CNC(=O)c2cc(-c3cnn(C)c3)cc(N(C)C3CCC(NC(=O)O)CC3)c2C)c(=O)[nH]1. The Bertz CT molecular complexity index is 1400. The van der Waals surface area contributed by atoms with Crippen LogP contribution in [-0.2, 0) is 13.6 Å². The third-order valence-electron chi connectivity index (χ3n) is 7.53. The second-order valence-corrected chi connectivity index (χ2v) is 10.3. The van der Waals surface area contributed by atoms with Gasteiger partial charge >= 0.3 is 6.09 Å². The molecular weight excluding hydrogens is 484 g/mol. The maximum Gasteiger partial charge on any atom is 0.404 e. The molecule has 0 unspecified atom stereocenters. The van der Waals surface area contributed by atoms with Crippen molar-refractivity contribution in [3.8, 4) is 11.1 Å². The summed E-state index contributed by atoms with van der Waals surface area (Å²) >= 11 is 0. The van der Waals surface area contributed by atoms with Crippen LogP contribution in [0.3, 0.4) is 0 Å². The third-order valence-corrected chi connectivity index (χ3v) is 7.53. The highest BCUT2D eigenvalue weighted by molar-refractivity contribution is 5.98. The van der Waals surface area contributed by atoms with Crippen LogP contribution in [0.25, 0.3) is 11.1 Å². The van der Waals surface area contributed by atoms with Gasteiger partial charge in [-0.2, -0.15) is 5.10 Å². The predicted molar refractivity (Wildman–Crippen MR) is 147 cm³/mol. The van der Waals surface area contributed by atoms with E-state index in [0.29, 0.717) is 11.1 Å². The van der Waals surface area contributed by atoms with Gasteiger partial charge in [0.15, 0.2) is 0 Å². The molecule has 0 radical (unpaired) electrons. The molecule has 0 bridgehead atoms. The van der Waals surface area contributed by atoms with Crippen LogP contribution in [0.4, 0.5) is 10.5 Å². The fourth-order valence-electron chi connectivity index (χ4n) is 5.38. The topological polar surface area (TPSA) is 132 Å². The van der Waals surface area contributed by atoms with Gasteiger partial charge in [-0.1, -0.05) is 0 Å². The molecule has 10 heteroatoms. The van der Waals surface area contributed by atoms with Gasteiger partial charge in [-0.15, -0.1) is 0 Å². The summed E-state index contributed by atoms with van der Waals surface area (Å²) in [4.78, 5) is 42.0. The molecule has 0 atom stereocenters. The summed E-state index contributed by atoms with van der Waals surface area (Å²) in [6, 6.07) is 6.03. The molecular formula is C28H36N6O4. The summed E-state index contributed by atoms with van der Waals surface area (Å²) in [6.45, 7) is 5.76. The highest BCUT2D eigenvalue weighted by Crippen LogP contribution is 2.34. The molecule has 4 rings (SSSR count). The lowest BCUT2D eigenvalue weighted by atomic mass is 9.89. The van der Waals surface area contributed by atoms with Gasteiger partial charge in [0, 0.05) is 67.0 Å². The molecule has 10 nitrogen and oxygen atoms in total. The normalized spacial score (nSPS) is 17.2. The van der Waals surface area contributed by atoms with Crippen molar-refractivity contribution in [2.45, 2.75) is 65.1 Å². The van der Waals surface area contributed by atoms with E-state index in [1.54, 1.807) is 10.9 Å². The lowest BCUT2D eigenvalue weighted by Crippen LogP contribution is -2.42. The quantitative estimate of drug-likeness (QED) is 0.376. The number of carbonyl (C=O) groups is 2. The third kappa shape index (κ3) is 5.90. The number of carbonyl (C=O) groups excluding carboxylic acids is 1. The van der Waals surface area contributed by atoms with Crippen molar-refractivity contribution in [3.63, 3.8) is 0 Å². The second-order valence-electron chi connectivity index (χ2n) is 10.3. The first kappa shape index (κ1) is 27.0. The Morgan fingerprint density at radius 2 is 1.84 bits per heavy atom. The maximum absolute atomic E-state index is 13.5. The van der Waals surface area contributed by atoms with Crippen LogP contribution in [0.15, 0.2) is 35.4 Å². The number of rotatable bonds is 7. The van der Waals surface area contributed by atoms with Crippen LogP contribution < -0.4 is 21.1 Å². The Kier molecular flexibility index (Phi) is 7.89. The number of carboxylic acid groups (broad SMARTS) is 1. The minimum atomic E-state index is -0.986. The minimum absolute atomic E-state index is 0.0327. The van der Waals surface area contributed by atoms with Gasteiger partial charge in [-0.3, -0.25) is 14.3 Å². The summed E-state index contributed by atoms with van der Waals surface area (Å²) in [5.41, 5.74) is 6.05. The minimum Gasteiger partial charge on any atom is -0.465 e. The lowest BCUT2D eigenvalue weighted by molar-refractivity contribution is 0.0950. The Labute approximate surface area is 222 Å². The van der Waals surface area contributed by atoms with Crippen LogP contribution in [0.5, 0.6) is 0 Å². The summed E-state index contributed by atoms with van der Waals surface area (Å²) in [5, 5.41) is 18.9. The molecule has 4 N–H and O–H groups in total. The average Bonchev–Trinajstić information content (AvgIpc) is 3.29. The molecule has 1 aromatic carbocycles. The molecule has 38 heavy (non-hydrogen) atoms. The number of amides is 2. The van der Waals surface area contributed by atoms with Crippen molar-refractivity contribution in [1.82, 2.24) is 25.4 Å². The molecule has 2 aromatic heterocycles. The van der Waals surface area contributed by atoms with Crippen LogP contribution >= 0.6 is 0 Å². The number of nitrogens with one attached hydrogen (secondary N) is 3. The summed E-state index contributed by atoms with van der Waals surface area (Å²) < 4.78 is 1.72. The molecule has 3 aromatic rings. The molecule has 2 heterocycles. The Balaban J connectivity index is 1.63. The number of aromatic amines is 1. The highest BCUT2D eigenvalue weighted by atomic mass is 16.4. The van der Waals surface area contributed by atoms with Crippen LogP contribution in [0.1, 0.15) is 58.4 Å². The fourth-order valence-corrected chi connectivity index (χ4v) is 5.38. The molecule has 2 amide bonds. The highest BCUT2D eigenvalue weighted by Gasteiger charge is 2.27. The van der Waals surface area contributed by atoms with Gasteiger partial charge in [0.1, 0.15) is 0 Å². The monoisotopic (exact) mass is 520 g/mol. The average molecular weight is 521 g/mol. The van der Waals surface area contributed by atoms with Crippen molar-refractivity contribution in [2.75, 3.05) is 11.9 Å². The lowest BCUT2D eigenvalue weighted by Gasteiger charge is -2.37. The number of aromatic nitrogens is 3. The molecule has 1 saturated carbocycles. The summed E-state index contributed by atoms with van der Waals surface area (Å²) in [6.07, 6.45) is 5.91. The predicted octanol–water partition coefficient (Wildman–Crippen LogP) is 3.65. The van der Waals surface area contributed by atoms with Crippen LogP contribution in [-0.4, -0.2) is 51.0 Å². The largest absolute Gasteiger partial charge is 0.465 e. The van der Waals surface area contributed by atoms with E-state index < -0.39 is 6.09 Å². The maximum atomic E-state index is 13.5. The number of pyridine rings is 1. The van der Waals surface area contributed by atoms with E-state index in [-0.39, 0.29) is 30.1 Å². The van der Waals surface area contributed by atoms with Crippen molar-refractivity contribution in [3.05, 3.63) is 68.9 Å². The number of H-pyrrole nitrogens is 1. The number of nitrogens with zero attached hydrogens (tertiary/aromatic N) is 3. The molecule has 1 aliphatic carbocycles. The van der Waals surface area contributed by atoms with E-state index in [1.807, 2.05) is 53.2 Å². The van der Waals surface area contributed by atoms with E-state index in [9.17, 15) is 14.4 Å². The molecule has 1 aliphatic rings. The molecule has 1 fully saturated rings. The number of hydrogen-bond acceptors (Lipinski definition) is 5. The number of aryl methyl sites for hydroxylation is 3. The molecule has 0 saturated heterocycles. The number of anilines is 1. The Morgan fingerprint density at radius 3 is 2.45 bits per heavy atom. The molecule has 202 valence electrons. The van der Waals surface area contributed by atoms with Gasteiger partial charge in [0.05, 0.1) is 6.20 Å². The van der Waals surface area contributed by atoms with Gasteiger partial charge < -0.3 is 25.6 Å². The Morgan fingerprint density at radius 1 is 1.13 bits per heavy atom. The van der Waals surface area contributed by atoms with Gasteiger partial charge in [-0.05, 0) is 81.3 Å². The molecule has 0 aliphatic heterocycles. The van der Waals surface area contributed by atoms with Crippen molar-refractivity contribution < 1.29 is 14.7 Å². The van der Waals surface area contributed by atoms with E-state index in [0.717, 1.165) is 59.3 Å². The summed E-state index contributed by atoms with van der Waals surface area (Å²) in [7, 11) is 3.88. The number of hydrogen-bond donors (Lipinski definition) is 4. The molecule has 0 spiro atoms. The van der Waals surface area contributed by atoms with Crippen LogP contribution in [0, 0.1) is 20.8 Å². The van der Waals surface area contributed by atoms with Crippen molar-refractivity contribution in [1.29, 1.82) is 0 Å². The van der Waals surface area contributed by atoms with E-state index in [2.05, 4.69) is 31.7 Å². The first-order valence-electron chi connectivity index (χ1n) is 12.9. The van der Waals surface area contributed by atoms with E-state index in [1.165, 1.54) is 0 Å². The van der Waals surface area contributed by atoms with Crippen molar-refractivity contribution >= 4 is 17.7 Å². The first-order valence-corrected chi connectivity index (χ1v) is 12.9. The zero-order valence-corrected chi connectivity index (χ0v) is 22.6. The second kappa shape index (κ2) is 11.1. The summed E-state index contributed by atoms with van der Waals surface area (Å²) in [5.74, 6) is -0.253. The fraction of sp³-hybridized carbons (Fsp3) is 0.429. The van der Waals surface area contributed by atoms with Gasteiger partial charge in [0.2, 0.25) is 0 Å². The zero-order chi connectivity index (χ0) is 27.6. The van der Waals surface area contributed by atoms with E-state index >= 15 is 0 Å². The number of benzene rings is 1. The smallest absolute Gasteiger partial charge is 0.404 e. The Hall–Kier alpha value is -4.08. The van der Waals surface area contributed by atoms with Gasteiger partial charge in [0.25, 0.3) is 11.5 Å². The van der Waals surface area contributed by atoms with Crippen molar-refractivity contribution in [2.24, 2.45) is 7.05 Å². The van der Waals surface area contributed by atoms with Gasteiger partial charge in [-0.25, -0.2) is 4.79 Å². The standard InChI is InChI=1S/C28H36N6O4/c1-16-10-17(2)31-27(36)24(16)14-29-26(35)23-11-19(20-13-30-33(4)15-20)12-25(18(23)3)34(5)22-8-6-21(7-9-22)32-28(37)38/h10-13,15,21-22,32H,6-9,14H2,1-5H3,(H,29,35)(H,31,36)(H,37,38). The van der Waals surface area contributed by atoms with Crippen LogP contribution in [0.2, 0.25) is 0 Å². The van der Waals surface area contributed by atoms with E-state index in [4.69, 9.17) is 5.11 Å². The first-order chi connectivity index (χ1) is 18.0.